The minimum atomic E-state index is -0.112. The number of benzene rings is 3. The highest BCUT2D eigenvalue weighted by atomic mass is 16.2. The van der Waals surface area contributed by atoms with E-state index < -0.39 is 0 Å². The summed E-state index contributed by atoms with van der Waals surface area (Å²) in [6, 6.07) is 24.9. The zero-order valence-corrected chi connectivity index (χ0v) is 14.2. The maximum Gasteiger partial charge on any atom is 0.233 e. The first kappa shape index (κ1) is 15.6. The van der Waals surface area contributed by atoms with E-state index in [4.69, 9.17) is 0 Å². The minimum Gasteiger partial charge on any atom is -0.304 e. The summed E-state index contributed by atoms with van der Waals surface area (Å²) in [5.74, 6) is 1.15. The van der Waals surface area contributed by atoms with E-state index in [0.29, 0.717) is 0 Å². The Morgan fingerprint density at radius 2 is 1.42 bits per heavy atom. The topological polar surface area (TPSA) is 20.3 Å². The molecule has 2 fully saturated rings. The highest BCUT2D eigenvalue weighted by molar-refractivity contribution is 6.06. The third-order valence-corrected chi connectivity index (χ3v) is 5.30. The number of anilines is 1. The molecule has 3 aromatic rings. The van der Waals surface area contributed by atoms with Crippen molar-refractivity contribution in [3.05, 3.63) is 110 Å². The summed E-state index contributed by atoms with van der Waals surface area (Å²) in [7, 11) is 0. The predicted octanol–water partition coefficient (Wildman–Crippen LogP) is 4.95. The SMILES string of the molecule is O=C1[C@H]([C]2[CH][CH][CH][CH]2)[C@H](c2ccccc2)N1c1ccc2ccccc2c1. The van der Waals surface area contributed by atoms with Crippen molar-refractivity contribution in [3.8, 4) is 0 Å². The second-order valence-corrected chi connectivity index (χ2v) is 6.79. The number of carbonyl (C=O) groups is 1. The molecular formula is C24H18NO. The van der Waals surface area contributed by atoms with E-state index in [2.05, 4.69) is 55.3 Å². The van der Waals surface area contributed by atoms with E-state index in [9.17, 15) is 4.79 Å². The van der Waals surface area contributed by atoms with Gasteiger partial charge < -0.3 is 4.90 Å². The number of hydrogen-bond acceptors (Lipinski definition) is 1. The number of amides is 1. The number of nitrogens with zero attached hydrogens (tertiary/aromatic N) is 1. The highest BCUT2D eigenvalue weighted by Gasteiger charge is 2.53. The summed E-state index contributed by atoms with van der Waals surface area (Å²) in [6.07, 6.45) is 8.11. The Morgan fingerprint density at radius 1 is 0.731 bits per heavy atom. The van der Waals surface area contributed by atoms with Gasteiger partial charge in [-0.2, -0.15) is 0 Å². The van der Waals surface area contributed by atoms with E-state index in [1.54, 1.807) is 0 Å². The van der Waals surface area contributed by atoms with Crippen LogP contribution in [0, 0.1) is 37.5 Å². The molecule has 1 aliphatic carbocycles. The quantitative estimate of drug-likeness (QED) is 0.620. The van der Waals surface area contributed by atoms with Crippen LogP contribution in [0.15, 0.2) is 72.8 Å². The highest BCUT2D eigenvalue weighted by Crippen LogP contribution is 2.51. The van der Waals surface area contributed by atoms with Crippen LogP contribution in [0.4, 0.5) is 5.69 Å². The Hall–Kier alpha value is -2.61. The van der Waals surface area contributed by atoms with Gasteiger partial charge in [-0.3, -0.25) is 4.79 Å². The second kappa shape index (κ2) is 6.28. The summed E-state index contributed by atoms with van der Waals surface area (Å²) < 4.78 is 0. The molecule has 0 N–H and O–H groups in total. The van der Waals surface area contributed by atoms with Gasteiger partial charge in [0.15, 0.2) is 0 Å². The van der Waals surface area contributed by atoms with Gasteiger partial charge in [0.05, 0.1) is 12.0 Å². The molecule has 2 aliphatic rings. The first-order chi connectivity index (χ1) is 12.8. The molecule has 5 radical (unpaired) electrons. The van der Waals surface area contributed by atoms with Gasteiger partial charge in [-0.1, -0.05) is 60.7 Å². The second-order valence-electron chi connectivity index (χ2n) is 6.79. The summed E-state index contributed by atoms with van der Waals surface area (Å²) in [4.78, 5) is 15.1. The maximum atomic E-state index is 13.1. The van der Waals surface area contributed by atoms with Gasteiger partial charge in [0.25, 0.3) is 0 Å². The first-order valence-electron chi connectivity index (χ1n) is 8.91. The zero-order chi connectivity index (χ0) is 17.5. The monoisotopic (exact) mass is 336 g/mol. The molecule has 0 spiro atoms. The van der Waals surface area contributed by atoms with Crippen LogP contribution in [-0.4, -0.2) is 5.91 Å². The van der Waals surface area contributed by atoms with Crippen molar-refractivity contribution >= 4 is 22.4 Å². The van der Waals surface area contributed by atoms with Crippen LogP contribution in [-0.2, 0) is 4.79 Å². The molecule has 1 saturated heterocycles. The molecule has 1 saturated carbocycles. The lowest BCUT2D eigenvalue weighted by molar-refractivity contribution is -0.129. The Balaban J connectivity index is 1.56. The van der Waals surface area contributed by atoms with Crippen LogP contribution in [0.1, 0.15) is 11.6 Å². The fraction of sp³-hybridized carbons (Fsp3) is 0.0833. The van der Waals surface area contributed by atoms with Crippen LogP contribution in [0.25, 0.3) is 10.8 Å². The molecular weight excluding hydrogens is 318 g/mol. The van der Waals surface area contributed by atoms with Crippen molar-refractivity contribution < 1.29 is 4.79 Å². The van der Waals surface area contributed by atoms with Gasteiger partial charge in [0.2, 0.25) is 5.91 Å². The van der Waals surface area contributed by atoms with E-state index in [-0.39, 0.29) is 17.9 Å². The van der Waals surface area contributed by atoms with Crippen LogP contribution in [0.2, 0.25) is 0 Å². The number of β-lactam (4-membered cyclic amide) rings is 1. The van der Waals surface area contributed by atoms with Crippen LogP contribution >= 0.6 is 0 Å². The molecule has 0 unspecified atom stereocenters. The maximum absolute atomic E-state index is 13.1. The van der Waals surface area contributed by atoms with Gasteiger partial charge in [-0.05, 0) is 60.1 Å². The van der Waals surface area contributed by atoms with E-state index >= 15 is 0 Å². The van der Waals surface area contributed by atoms with Crippen molar-refractivity contribution in [2.24, 2.45) is 5.92 Å². The number of rotatable bonds is 3. The largest absolute Gasteiger partial charge is 0.304 e. The van der Waals surface area contributed by atoms with Crippen LogP contribution in [0.3, 0.4) is 0 Å². The van der Waals surface area contributed by atoms with Crippen molar-refractivity contribution in [1.82, 2.24) is 0 Å². The fourth-order valence-corrected chi connectivity index (χ4v) is 4.02. The lowest BCUT2D eigenvalue weighted by Gasteiger charge is -2.49. The van der Waals surface area contributed by atoms with E-state index in [1.807, 2.05) is 48.1 Å². The standard InChI is InChI=1S/C24H18NO/c26-24-22(18-9-5-6-10-18)23(19-11-2-1-3-12-19)25(24)21-15-14-17-8-4-7-13-20(17)16-21/h1-16,22-23H/t22-,23+/m1/s1. The smallest absolute Gasteiger partial charge is 0.233 e. The average Bonchev–Trinajstić information content (AvgIpc) is 3.20. The Kier molecular flexibility index (Phi) is 3.77. The predicted molar refractivity (Wildman–Crippen MR) is 105 cm³/mol. The summed E-state index contributed by atoms with van der Waals surface area (Å²) in [6.45, 7) is 0. The van der Waals surface area contributed by atoms with Gasteiger partial charge in [-0.15, -0.1) is 0 Å². The lowest BCUT2D eigenvalue weighted by atomic mass is 9.73. The van der Waals surface area contributed by atoms with Crippen molar-refractivity contribution in [1.29, 1.82) is 0 Å². The van der Waals surface area contributed by atoms with E-state index in [1.165, 1.54) is 10.9 Å². The molecule has 1 amide bonds. The van der Waals surface area contributed by atoms with Crippen LogP contribution in [0.5, 0.6) is 0 Å². The van der Waals surface area contributed by atoms with Crippen molar-refractivity contribution in [3.63, 3.8) is 0 Å². The molecule has 0 bridgehead atoms. The summed E-state index contributed by atoms with van der Waals surface area (Å²) >= 11 is 0. The number of hydrogen-bond donors (Lipinski definition) is 0. The first-order valence-corrected chi connectivity index (χ1v) is 8.91. The third-order valence-electron chi connectivity index (χ3n) is 5.30. The van der Waals surface area contributed by atoms with E-state index in [0.717, 1.165) is 17.0 Å². The molecule has 1 heterocycles. The third kappa shape index (κ3) is 2.44. The number of fused-ring (bicyclic) bond motifs is 1. The summed E-state index contributed by atoms with van der Waals surface area (Å²) in [5.41, 5.74) is 2.14. The minimum absolute atomic E-state index is 0.0345. The molecule has 3 aromatic carbocycles. The molecule has 2 heteroatoms. The number of carbonyl (C=O) groups excluding carboxylic acids is 1. The Bertz CT molecular complexity index is 943. The Morgan fingerprint density at radius 3 is 2.19 bits per heavy atom. The molecule has 26 heavy (non-hydrogen) atoms. The molecule has 2 nitrogen and oxygen atoms in total. The normalized spacial score (nSPS) is 23.4. The van der Waals surface area contributed by atoms with Gasteiger partial charge >= 0.3 is 0 Å². The molecule has 0 aromatic heterocycles. The summed E-state index contributed by atoms with van der Waals surface area (Å²) in [5, 5.41) is 2.34. The average molecular weight is 336 g/mol. The van der Waals surface area contributed by atoms with Gasteiger partial charge in [0.1, 0.15) is 0 Å². The van der Waals surface area contributed by atoms with Crippen molar-refractivity contribution in [2.75, 3.05) is 4.90 Å². The molecule has 1 aliphatic heterocycles. The fourth-order valence-electron chi connectivity index (χ4n) is 4.02. The molecule has 5 rings (SSSR count). The molecule has 125 valence electrons. The molecule has 2 atom stereocenters. The van der Waals surface area contributed by atoms with Crippen molar-refractivity contribution in [2.45, 2.75) is 6.04 Å². The Labute approximate surface area is 154 Å². The van der Waals surface area contributed by atoms with Gasteiger partial charge in [-0.25, -0.2) is 0 Å². The zero-order valence-electron chi connectivity index (χ0n) is 14.2. The lowest BCUT2D eigenvalue weighted by Crippen LogP contribution is -2.57. The van der Waals surface area contributed by atoms with Crippen LogP contribution < -0.4 is 4.90 Å². The van der Waals surface area contributed by atoms with Gasteiger partial charge in [0, 0.05) is 5.69 Å².